The molecule has 1 aromatic heterocycles. The summed E-state index contributed by atoms with van der Waals surface area (Å²) < 4.78 is 8.44. The van der Waals surface area contributed by atoms with Gasteiger partial charge >= 0.3 is 6.03 Å². The molecule has 0 atom stereocenters. The molecule has 1 aliphatic heterocycles. The van der Waals surface area contributed by atoms with Crippen molar-refractivity contribution in [2.75, 3.05) is 33.2 Å². The Morgan fingerprint density at radius 1 is 1.25 bits per heavy atom. The average Bonchev–Trinajstić information content (AvgIpc) is 3.25. The molecule has 130 valence electrons. The summed E-state index contributed by atoms with van der Waals surface area (Å²) in [6.07, 6.45) is 4.86. The van der Waals surface area contributed by atoms with Crippen LogP contribution in [0.15, 0.2) is 18.2 Å². The van der Waals surface area contributed by atoms with Crippen LogP contribution >= 0.6 is 11.7 Å². The van der Waals surface area contributed by atoms with Crippen molar-refractivity contribution in [2.24, 2.45) is 0 Å². The maximum atomic E-state index is 12.2. The van der Waals surface area contributed by atoms with E-state index in [1.807, 2.05) is 25.2 Å². The molecule has 1 aromatic carbocycles. The van der Waals surface area contributed by atoms with Gasteiger partial charge in [-0.3, -0.25) is 0 Å². The van der Waals surface area contributed by atoms with Crippen molar-refractivity contribution in [1.82, 2.24) is 23.9 Å². The van der Waals surface area contributed by atoms with E-state index in [0.29, 0.717) is 6.54 Å². The van der Waals surface area contributed by atoms with Gasteiger partial charge in [0.15, 0.2) is 0 Å². The molecule has 24 heavy (non-hydrogen) atoms. The molecule has 7 heteroatoms. The van der Waals surface area contributed by atoms with E-state index in [4.69, 9.17) is 0 Å². The number of unbranched alkanes of at least 4 members (excludes halogenated alkanes) is 1. The number of hydrogen-bond acceptors (Lipinski definition) is 5. The van der Waals surface area contributed by atoms with Crippen LogP contribution in [0.1, 0.15) is 31.2 Å². The Kier molecular flexibility index (Phi) is 5.98. The number of nitrogens with one attached hydrogen (secondary N) is 1. The summed E-state index contributed by atoms with van der Waals surface area (Å²) in [6, 6.07) is 5.94. The molecule has 0 saturated carbocycles. The Morgan fingerprint density at radius 3 is 2.88 bits per heavy atom. The van der Waals surface area contributed by atoms with Crippen LogP contribution in [0.3, 0.4) is 0 Å². The first-order chi connectivity index (χ1) is 11.7. The fourth-order valence-electron chi connectivity index (χ4n) is 3.07. The highest BCUT2D eigenvalue weighted by Gasteiger charge is 2.11. The molecule has 0 spiro atoms. The van der Waals surface area contributed by atoms with Gasteiger partial charge in [-0.1, -0.05) is 6.07 Å². The molecule has 1 fully saturated rings. The van der Waals surface area contributed by atoms with E-state index < -0.39 is 0 Å². The summed E-state index contributed by atoms with van der Waals surface area (Å²) in [4.78, 5) is 16.4. The van der Waals surface area contributed by atoms with Gasteiger partial charge in [-0.15, -0.1) is 0 Å². The van der Waals surface area contributed by atoms with Gasteiger partial charge < -0.3 is 15.1 Å². The summed E-state index contributed by atoms with van der Waals surface area (Å²) in [6.45, 7) is 4.97. The third kappa shape index (κ3) is 4.64. The second-order valence-electron chi connectivity index (χ2n) is 6.43. The summed E-state index contributed by atoms with van der Waals surface area (Å²) in [7, 11) is 1.82. The van der Waals surface area contributed by atoms with E-state index >= 15 is 0 Å². The molecule has 1 N–H and O–H groups in total. The lowest BCUT2D eigenvalue weighted by molar-refractivity contribution is 0.206. The van der Waals surface area contributed by atoms with Crippen molar-refractivity contribution < 1.29 is 4.79 Å². The first kappa shape index (κ1) is 17.1. The summed E-state index contributed by atoms with van der Waals surface area (Å²) in [5.74, 6) is 0. The monoisotopic (exact) mass is 347 g/mol. The van der Waals surface area contributed by atoms with E-state index in [1.54, 1.807) is 4.90 Å². The van der Waals surface area contributed by atoms with Crippen LogP contribution in [0.4, 0.5) is 4.79 Å². The second-order valence-corrected chi connectivity index (χ2v) is 6.96. The van der Waals surface area contributed by atoms with Crippen molar-refractivity contribution in [3.63, 3.8) is 0 Å². The van der Waals surface area contributed by atoms with E-state index in [2.05, 4.69) is 19.0 Å². The van der Waals surface area contributed by atoms with E-state index in [0.717, 1.165) is 42.5 Å². The molecule has 0 aliphatic carbocycles. The number of carbonyl (C=O) groups is 1. The van der Waals surface area contributed by atoms with Crippen LogP contribution in [0.25, 0.3) is 11.0 Å². The smallest absolute Gasteiger partial charge is 0.317 e. The first-order valence-electron chi connectivity index (χ1n) is 8.65. The van der Waals surface area contributed by atoms with Gasteiger partial charge in [-0.25, -0.2) is 4.79 Å². The minimum atomic E-state index is -0.0207. The molecule has 2 aromatic rings. The number of rotatable bonds is 7. The minimum absolute atomic E-state index is 0.0207. The van der Waals surface area contributed by atoms with Gasteiger partial charge in [0.05, 0.1) is 11.7 Å². The van der Waals surface area contributed by atoms with Crippen LogP contribution in [-0.2, 0) is 6.54 Å². The van der Waals surface area contributed by atoms with Gasteiger partial charge in [0, 0.05) is 20.1 Å². The Balaban J connectivity index is 1.36. The lowest BCUT2D eigenvalue weighted by atomic mass is 10.2. The predicted octanol–water partition coefficient (Wildman–Crippen LogP) is 2.71. The number of urea groups is 1. The number of fused-ring (bicyclic) bond motifs is 1. The zero-order valence-electron chi connectivity index (χ0n) is 14.2. The predicted molar refractivity (Wildman–Crippen MR) is 97.2 cm³/mol. The van der Waals surface area contributed by atoms with Crippen LogP contribution in [0.2, 0.25) is 0 Å². The van der Waals surface area contributed by atoms with Gasteiger partial charge in [0.25, 0.3) is 0 Å². The van der Waals surface area contributed by atoms with Gasteiger partial charge in [0.1, 0.15) is 11.0 Å². The second kappa shape index (κ2) is 8.39. The molecule has 0 bridgehead atoms. The number of carbonyl (C=O) groups excluding carboxylic acids is 1. The average molecular weight is 347 g/mol. The molecule has 0 unspecified atom stereocenters. The first-order valence-corrected chi connectivity index (χ1v) is 9.38. The van der Waals surface area contributed by atoms with E-state index in [1.165, 1.54) is 37.7 Å². The van der Waals surface area contributed by atoms with Crippen LogP contribution in [-0.4, -0.2) is 57.8 Å². The number of aromatic nitrogens is 2. The van der Waals surface area contributed by atoms with Gasteiger partial charge in [0.2, 0.25) is 0 Å². The van der Waals surface area contributed by atoms with Crippen LogP contribution < -0.4 is 5.32 Å². The molecule has 0 radical (unpaired) electrons. The molecule has 1 saturated heterocycles. The highest BCUT2D eigenvalue weighted by Crippen LogP contribution is 2.14. The molecular weight excluding hydrogens is 322 g/mol. The normalized spacial score (nSPS) is 15.0. The molecular formula is C17H25N5OS. The SMILES string of the molecule is CN(Cc1ccc2nsnc2c1)C(=O)NCCCCN1CCCC1. The fraction of sp³-hybridized carbons (Fsp3) is 0.588. The third-order valence-electron chi connectivity index (χ3n) is 4.46. The topological polar surface area (TPSA) is 61.4 Å². The van der Waals surface area contributed by atoms with Crippen LogP contribution in [0, 0.1) is 0 Å². The maximum absolute atomic E-state index is 12.2. The van der Waals surface area contributed by atoms with Crippen molar-refractivity contribution in [3.05, 3.63) is 23.8 Å². The van der Waals surface area contributed by atoms with Crippen molar-refractivity contribution >= 4 is 28.8 Å². The zero-order chi connectivity index (χ0) is 16.8. The third-order valence-corrected chi connectivity index (χ3v) is 5.02. The maximum Gasteiger partial charge on any atom is 0.317 e. The lowest BCUT2D eigenvalue weighted by Crippen LogP contribution is -2.37. The molecule has 3 rings (SSSR count). The summed E-state index contributed by atoms with van der Waals surface area (Å²) >= 11 is 1.22. The van der Waals surface area contributed by atoms with E-state index in [-0.39, 0.29) is 6.03 Å². The molecule has 2 amide bonds. The molecule has 2 heterocycles. The number of benzene rings is 1. The number of hydrogen-bond donors (Lipinski definition) is 1. The number of nitrogens with zero attached hydrogens (tertiary/aromatic N) is 4. The quantitative estimate of drug-likeness (QED) is 0.782. The van der Waals surface area contributed by atoms with Crippen LogP contribution in [0.5, 0.6) is 0 Å². The Bertz CT molecular complexity index is 668. The largest absolute Gasteiger partial charge is 0.338 e. The minimum Gasteiger partial charge on any atom is -0.338 e. The number of amides is 2. The summed E-state index contributed by atoms with van der Waals surface area (Å²) in [5.41, 5.74) is 2.88. The lowest BCUT2D eigenvalue weighted by Gasteiger charge is -2.18. The van der Waals surface area contributed by atoms with E-state index in [9.17, 15) is 4.79 Å². The Morgan fingerprint density at radius 2 is 2.04 bits per heavy atom. The fourth-order valence-corrected chi connectivity index (χ4v) is 3.59. The summed E-state index contributed by atoms with van der Waals surface area (Å²) in [5, 5.41) is 3.00. The van der Waals surface area contributed by atoms with Crippen molar-refractivity contribution in [2.45, 2.75) is 32.2 Å². The molecule has 1 aliphatic rings. The number of likely N-dealkylation sites (tertiary alicyclic amines) is 1. The highest BCUT2D eigenvalue weighted by molar-refractivity contribution is 7.00. The van der Waals surface area contributed by atoms with Gasteiger partial charge in [-0.2, -0.15) is 8.75 Å². The molecule has 6 nitrogen and oxygen atoms in total. The highest BCUT2D eigenvalue weighted by atomic mass is 32.1. The van der Waals surface area contributed by atoms with Crippen molar-refractivity contribution in [1.29, 1.82) is 0 Å². The Labute approximate surface area is 147 Å². The van der Waals surface area contributed by atoms with Crippen molar-refractivity contribution in [3.8, 4) is 0 Å². The standard InChI is InChI=1S/C17H25N5OS/c1-21(13-14-6-7-15-16(12-14)20-24-19-15)17(23)18-8-2-3-9-22-10-4-5-11-22/h6-7,12H,2-5,8-11,13H2,1H3,(H,18,23). The zero-order valence-corrected chi connectivity index (χ0v) is 15.0. The van der Waals surface area contributed by atoms with Gasteiger partial charge in [-0.05, 0) is 63.0 Å². The Hall–Kier alpha value is -1.73.